The Labute approximate surface area is 189 Å². The van der Waals surface area contributed by atoms with Gasteiger partial charge in [-0.05, 0) is 31.9 Å². The number of hydrogen-bond acceptors (Lipinski definition) is 7. The summed E-state index contributed by atoms with van der Waals surface area (Å²) in [5.74, 6) is 0.305. The standard InChI is InChI=1S/C19H22ClFN6O2S2/c1-2-31(28,29)27-9-4-5-13(11-27)18-23-24-19(30-18)22-17-8-10-26(25-17)12-14-15(20)6-3-7-16(14)21/h3,6-8,10,13H,2,4-5,9,11-12H2,1H3,(H,22,24,25)/t13-/m1/s1. The van der Waals surface area contributed by atoms with Gasteiger partial charge < -0.3 is 5.32 Å². The molecule has 0 aliphatic carbocycles. The fourth-order valence-electron chi connectivity index (χ4n) is 3.50. The third-order valence-corrected chi connectivity index (χ3v) is 8.39. The summed E-state index contributed by atoms with van der Waals surface area (Å²) in [7, 11) is -3.21. The van der Waals surface area contributed by atoms with Gasteiger partial charge in [0.2, 0.25) is 15.2 Å². The molecule has 1 saturated heterocycles. The highest BCUT2D eigenvalue weighted by molar-refractivity contribution is 7.89. The number of piperidine rings is 1. The zero-order chi connectivity index (χ0) is 22.0. The maximum absolute atomic E-state index is 14.0. The second-order valence-corrected chi connectivity index (χ2v) is 10.9. The molecule has 3 aromatic rings. The van der Waals surface area contributed by atoms with E-state index in [1.165, 1.54) is 17.4 Å². The molecule has 1 fully saturated rings. The Balaban J connectivity index is 1.42. The van der Waals surface area contributed by atoms with Crippen LogP contribution in [-0.4, -0.2) is 51.5 Å². The topological polar surface area (TPSA) is 93.0 Å². The molecule has 4 rings (SSSR count). The highest BCUT2D eigenvalue weighted by atomic mass is 35.5. The maximum Gasteiger partial charge on any atom is 0.213 e. The Kier molecular flexibility index (Phi) is 6.56. The molecule has 0 spiro atoms. The van der Waals surface area contributed by atoms with E-state index in [-0.39, 0.29) is 24.0 Å². The van der Waals surface area contributed by atoms with Crippen LogP contribution in [0.25, 0.3) is 0 Å². The molecule has 0 unspecified atom stereocenters. The van der Waals surface area contributed by atoms with E-state index in [2.05, 4.69) is 20.6 Å². The van der Waals surface area contributed by atoms with E-state index in [0.29, 0.717) is 34.6 Å². The van der Waals surface area contributed by atoms with Gasteiger partial charge in [0, 0.05) is 41.9 Å². The highest BCUT2D eigenvalue weighted by Crippen LogP contribution is 2.32. The zero-order valence-corrected chi connectivity index (χ0v) is 19.2. The average Bonchev–Trinajstić information content (AvgIpc) is 3.41. The van der Waals surface area contributed by atoms with Gasteiger partial charge in [0.15, 0.2) is 5.82 Å². The van der Waals surface area contributed by atoms with Gasteiger partial charge in [-0.3, -0.25) is 4.68 Å². The molecule has 3 heterocycles. The van der Waals surface area contributed by atoms with Crippen LogP contribution in [0.5, 0.6) is 0 Å². The number of nitrogens with one attached hydrogen (secondary N) is 1. The first kappa shape index (κ1) is 22.1. The van der Waals surface area contributed by atoms with Gasteiger partial charge in [-0.15, -0.1) is 10.2 Å². The number of anilines is 2. The number of sulfonamides is 1. The summed E-state index contributed by atoms with van der Waals surface area (Å²) in [4.78, 5) is 0. The zero-order valence-electron chi connectivity index (χ0n) is 16.8. The Hall–Kier alpha value is -2.08. The van der Waals surface area contributed by atoms with Crippen molar-refractivity contribution < 1.29 is 12.8 Å². The first-order chi connectivity index (χ1) is 14.9. The van der Waals surface area contributed by atoms with E-state index in [9.17, 15) is 12.8 Å². The summed E-state index contributed by atoms with van der Waals surface area (Å²) in [6, 6.07) is 6.33. The average molecular weight is 485 g/mol. The van der Waals surface area contributed by atoms with Crippen LogP contribution in [0.4, 0.5) is 15.3 Å². The monoisotopic (exact) mass is 484 g/mol. The molecule has 1 aliphatic heterocycles. The molecule has 1 aliphatic rings. The van der Waals surface area contributed by atoms with Crippen LogP contribution in [0.1, 0.15) is 36.3 Å². The lowest BCUT2D eigenvalue weighted by Crippen LogP contribution is -2.39. The van der Waals surface area contributed by atoms with Crippen molar-refractivity contribution in [2.45, 2.75) is 32.2 Å². The van der Waals surface area contributed by atoms with Crippen molar-refractivity contribution >= 4 is 43.9 Å². The Morgan fingerprint density at radius 2 is 2.16 bits per heavy atom. The summed E-state index contributed by atoms with van der Waals surface area (Å²) in [6.07, 6.45) is 3.40. The number of rotatable bonds is 7. The molecule has 8 nitrogen and oxygen atoms in total. The molecule has 0 saturated carbocycles. The lowest BCUT2D eigenvalue weighted by Gasteiger charge is -2.30. The smallest absolute Gasteiger partial charge is 0.213 e. The van der Waals surface area contributed by atoms with Crippen LogP contribution in [0.3, 0.4) is 0 Å². The SMILES string of the molecule is CCS(=O)(=O)N1CCC[C@@H](c2nnc(Nc3ccn(Cc4c(F)cccc4Cl)n3)s2)C1. The van der Waals surface area contributed by atoms with Crippen LogP contribution in [0.2, 0.25) is 5.02 Å². The van der Waals surface area contributed by atoms with Gasteiger partial charge in [-0.1, -0.05) is 29.0 Å². The Bertz CT molecular complexity index is 1150. The van der Waals surface area contributed by atoms with E-state index < -0.39 is 10.0 Å². The maximum atomic E-state index is 14.0. The summed E-state index contributed by atoms with van der Waals surface area (Å²) in [5, 5.41) is 17.7. The van der Waals surface area contributed by atoms with Crippen LogP contribution < -0.4 is 5.32 Å². The van der Waals surface area contributed by atoms with E-state index in [0.717, 1.165) is 17.8 Å². The van der Waals surface area contributed by atoms with Gasteiger partial charge in [-0.25, -0.2) is 17.1 Å². The molecule has 1 N–H and O–H groups in total. The van der Waals surface area contributed by atoms with Gasteiger partial charge in [0.05, 0.1) is 12.3 Å². The second-order valence-electron chi connectivity index (χ2n) is 7.27. The van der Waals surface area contributed by atoms with Gasteiger partial charge in [0.1, 0.15) is 10.8 Å². The number of nitrogens with zero attached hydrogens (tertiary/aromatic N) is 5. The molecule has 12 heteroatoms. The third-order valence-electron chi connectivity index (χ3n) is 5.19. The minimum absolute atomic E-state index is 0.0314. The number of benzene rings is 1. The van der Waals surface area contributed by atoms with Crippen LogP contribution in [0, 0.1) is 5.82 Å². The van der Waals surface area contributed by atoms with E-state index in [4.69, 9.17) is 11.6 Å². The van der Waals surface area contributed by atoms with Crippen molar-refractivity contribution in [1.29, 1.82) is 0 Å². The van der Waals surface area contributed by atoms with Crippen molar-refractivity contribution in [2.75, 3.05) is 24.2 Å². The second kappa shape index (κ2) is 9.19. The minimum atomic E-state index is -3.21. The summed E-state index contributed by atoms with van der Waals surface area (Å²) in [6.45, 7) is 2.85. The molecule has 0 bridgehead atoms. The van der Waals surface area contributed by atoms with Crippen molar-refractivity contribution in [1.82, 2.24) is 24.3 Å². The molecular weight excluding hydrogens is 463 g/mol. The predicted molar refractivity (Wildman–Crippen MR) is 119 cm³/mol. The fourth-order valence-corrected chi connectivity index (χ4v) is 5.78. The van der Waals surface area contributed by atoms with Crippen molar-refractivity contribution in [3.05, 3.63) is 51.9 Å². The number of halogens is 2. The summed E-state index contributed by atoms with van der Waals surface area (Å²) < 4.78 is 41.5. The Morgan fingerprint density at radius 1 is 1.32 bits per heavy atom. The highest BCUT2D eigenvalue weighted by Gasteiger charge is 2.30. The first-order valence-electron chi connectivity index (χ1n) is 9.90. The molecular formula is C19H22ClFN6O2S2. The molecule has 2 aromatic heterocycles. The molecule has 1 atom stereocenters. The predicted octanol–water partition coefficient (Wildman–Crippen LogP) is 3.85. The minimum Gasteiger partial charge on any atom is -0.313 e. The number of aromatic nitrogens is 4. The van der Waals surface area contributed by atoms with Gasteiger partial charge >= 0.3 is 0 Å². The van der Waals surface area contributed by atoms with E-state index >= 15 is 0 Å². The van der Waals surface area contributed by atoms with Gasteiger partial charge in [0.25, 0.3) is 0 Å². The van der Waals surface area contributed by atoms with Crippen LogP contribution in [0.15, 0.2) is 30.5 Å². The van der Waals surface area contributed by atoms with Crippen molar-refractivity contribution in [3.8, 4) is 0 Å². The summed E-state index contributed by atoms with van der Waals surface area (Å²) >= 11 is 7.47. The quantitative estimate of drug-likeness (QED) is 0.547. The molecule has 0 radical (unpaired) electrons. The normalized spacial score (nSPS) is 17.7. The van der Waals surface area contributed by atoms with E-state index in [1.54, 1.807) is 40.3 Å². The summed E-state index contributed by atoms with van der Waals surface area (Å²) in [5.41, 5.74) is 0.376. The molecule has 1 aromatic carbocycles. The third kappa shape index (κ3) is 5.05. The van der Waals surface area contributed by atoms with Gasteiger partial charge in [-0.2, -0.15) is 5.10 Å². The Morgan fingerprint density at radius 3 is 2.94 bits per heavy atom. The lowest BCUT2D eigenvalue weighted by molar-refractivity contribution is 0.315. The molecule has 31 heavy (non-hydrogen) atoms. The molecule has 166 valence electrons. The lowest BCUT2D eigenvalue weighted by atomic mass is 10.0. The van der Waals surface area contributed by atoms with Crippen molar-refractivity contribution in [3.63, 3.8) is 0 Å². The van der Waals surface area contributed by atoms with E-state index in [1.807, 2.05) is 0 Å². The van der Waals surface area contributed by atoms with Crippen LogP contribution >= 0.6 is 22.9 Å². The molecule has 0 amide bonds. The van der Waals surface area contributed by atoms with Crippen LogP contribution in [-0.2, 0) is 16.6 Å². The largest absolute Gasteiger partial charge is 0.313 e. The fraction of sp³-hybridized carbons (Fsp3) is 0.421. The number of hydrogen-bond donors (Lipinski definition) is 1. The first-order valence-corrected chi connectivity index (χ1v) is 12.7. The van der Waals surface area contributed by atoms with Crippen molar-refractivity contribution in [2.24, 2.45) is 0 Å².